The zero-order valence-corrected chi connectivity index (χ0v) is 7.20. The van der Waals surface area contributed by atoms with Crippen LogP contribution >= 0.6 is 0 Å². The fourth-order valence-electron chi connectivity index (χ4n) is 0.980. The molecule has 1 unspecified atom stereocenters. The molecule has 0 spiro atoms. The van der Waals surface area contributed by atoms with E-state index in [1.54, 1.807) is 19.2 Å². The SMILES string of the molecule is C=Cc1ccc(CC(C)O)nc1. The summed E-state index contributed by atoms with van der Waals surface area (Å²) in [6, 6.07) is 3.85. The maximum atomic E-state index is 9.07. The minimum atomic E-state index is -0.327. The quantitative estimate of drug-likeness (QED) is 0.735. The summed E-state index contributed by atoms with van der Waals surface area (Å²) in [7, 11) is 0. The molecule has 0 radical (unpaired) electrons. The summed E-state index contributed by atoms with van der Waals surface area (Å²) >= 11 is 0. The summed E-state index contributed by atoms with van der Waals surface area (Å²) in [5, 5.41) is 9.07. The van der Waals surface area contributed by atoms with E-state index in [1.807, 2.05) is 12.1 Å². The van der Waals surface area contributed by atoms with Crippen molar-refractivity contribution in [1.82, 2.24) is 4.98 Å². The molecule has 2 nitrogen and oxygen atoms in total. The Kier molecular flexibility index (Phi) is 3.00. The monoisotopic (exact) mass is 163 g/mol. The second kappa shape index (κ2) is 4.02. The third-order valence-corrected chi connectivity index (χ3v) is 1.59. The minimum absolute atomic E-state index is 0.327. The Bertz CT molecular complexity index is 251. The molecule has 0 bridgehead atoms. The molecule has 0 saturated heterocycles. The maximum Gasteiger partial charge on any atom is 0.0567 e. The van der Waals surface area contributed by atoms with Crippen molar-refractivity contribution >= 4 is 6.08 Å². The minimum Gasteiger partial charge on any atom is -0.393 e. The molecule has 2 heteroatoms. The number of hydrogen-bond donors (Lipinski definition) is 1. The number of hydrogen-bond acceptors (Lipinski definition) is 2. The van der Waals surface area contributed by atoms with Crippen molar-refractivity contribution < 1.29 is 5.11 Å². The van der Waals surface area contributed by atoms with E-state index < -0.39 is 0 Å². The lowest BCUT2D eigenvalue weighted by molar-refractivity contribution is 0.194. The largest absolute Gasteiger partial charge is 0.393 e. The van der Waals surface area contributed by atoms with Crippen LogP contribution in [0, 0.1) is 0 Å². The van der Waals surface area contributed by atoms with Gasteiger partial charge in [-0.2, -0.15) is 0 Å². The molecule has 1 heterocycles. The van der Waals surface area contributed by atoms with Crippen LogP contribution in [0.4, 0.5) is 0 Å². The molecule has 0 aliphatic carbocycles. The van der Waals surface area contributed by atoms with Crippen LogP contribution in [0.15, 0.2) is 24.9 Å². The first-order valence-corrected chi connectivity index (χ1v) is 3.98. The van der Waals surface area contributed by atoms with E-state index in [9.17, 15) is 0 Å². The molecular weight excluding hydrogens is 150 g/mol. The zero-order chi connectivity index (χ0) is 8.97. The highest BCUT2D eigenvalue weighted by Crippen LogP contribution is 2.03. The standard InChI is InChI=1S/C10H13NO/c1-3-9-4-5-10(11-7-9)6-8(2)12/h3-5,7-8,12H,1,6H2,2H3. The Morgan fingerprint density at radius 2 is 2.42 bits per heavy atom. The second-order valence-electron chi connectivity index (χ2n) is 2.84. The molecule has 1 rings (SSSR count). The molecule has 1 aromatic rings. The van der Waals surface area contributed by atoms with Gasteiger partial charge in [0.05, 0.1) is 6.10 Å². The van der Waals surface area contributed by atoms with E-state index in [2.05, 4.69) is 11.6 Å². The first kappa shape index (κ1) is 8.94. The van der Waals surface area contributed by atoms with Crippen molar-refractivity contribution in [1.29, 1.82) is 0 Å². The van der Waals surface area contributed by atoms with Crippen molar-refractivity contribution in [2.45, 2.75) is 19.4 Å². The second-order valence-corrected chi connectivity index (χ2v) is 2.84. The summed E-state index contributed by atoms with van der Waals surface area (Å²) in [5.74, 6) is 0. The van der Waals surface area contributed by atoms with Crippen molar-refractivity contribution in [2.75, 3.05) is 0 Å². The summed E-state index contributed by atoms with van der Waals surface area (Å²) < 4.78 is 0. The number of nitrogens with zero attached hydrogens (tertiary/aromatic N) is 1. The van der Waals surface area contributed by atoms with Gasteiger partial charge in [0.25, 0.3) is 0 Å². The van der Waals surface area contributed by atoms with Gasteiger partial charge in [0.15, 0.2) is 0 Å². The average Bonchev–Trinajstić information content (AvgIpc) is 2.05. The van der Waals surface area contributed by atoms with Gasteiger partial charge < -0.3 is 5.11 Å². The van der Waals surface area contributed by atoms with Gasteiger partial charge in [-0.05, 0) is 18.6 Å². The van der Waals surface area contributed by atoms with Gasteiger partial charge >= 0.3 is 0 Å². The normalized spacial score (nSPS) is 12.5. The van der Waals surface area contributed by atoms with Crippen LogP contribution in [-0.2, 0) is 6.42 Å². The van der Waals surface area contributed by atoms with Crippen LogP contribution in [0.1, 0.15) is 18.2 Å². The fraction of sp³-hybridized carbons (Fsp3) is 0.300. The first-order valence-electron chi connectivity index (χ1n) is 3.98. The van der Waals surface area contributed by atoms with E-state index in [1.165, 1.54) is 0 Å². The number of rotatable bonds is 3. The molecule has 0 aliphatic rings. The molecule has 1 aromatic heterocycles. The van der Waals surface area contributed by atoms with Gasteiger partial charge in [0, 0.05) is 18.3 Å². The number of aliphatic hydroxyl groups is 1. The highest BCUT2D eigenvalue weighted by atomic mass is 16.3. The third kappa shape index (κ3) is 2.47. The first-order chi connectivity index (χ1) is 5.72. The fourth-order valence-corrected chi connectivity index (χ4v) is 0.980. The maximum absolute atomic E-state index is 9.07. The number of aliphatic hydroxyl groups excluding tert-OH is 1. The Hall–Kier alpha value is -1.15. The van der Waals surface area contributed by atoms with Crippen LogP contribution in [0.3, 0.4) is 0 Å². The lowest BCUT2D eigenvalue weighted by Crippen LogP contribution is -2.05. The van der Waals surface area contributed by atoms with Gasteiger partial charge in [0.2, 0.25) is 0 Å². The van der Waals surface area contributed by atoms with Gasteiger partial charge in [-0.15, -0.1) is 0 Å². The van der Waals surface area contributed by atoms with E-state index in [0.29, 0.717) is 6.42 Å². The number of pyridine rings is 1. The van der Waals surface area contributed by atoms with Gasteiger partial charge in [-0.25, -0.2) is 0 Å². The van der Waals surface area contributed by atoms with Crippen LogP contribution < -0.4 is 0 Å². The molecule has 0 fully saturated rings. The van der Waals surface area contributed by atoms with Crippen LogP contribution in [0.25, 0.3) is 6.08 Å². The molecule has 0 aliphatic heterocycles. The van der Waals surface area contributed by atoms with Crippen molar-refractivity contribution in [3.63, 3.8) is 0 Å². The Balaban J connectivity index is 2.71. The van der Waals surface area contributed by atoms with Crippen molar-refractivity contribution in [3.8, 4) is 0 Å². The summed E-state index contributed by atoms with van der Waals surface area (Å²) in [5.41, 5.74) is 1.92. The molecule has 64 valence electrons. The zero-order valence-electron chi connectivity index (χ0n) is 7.20. The van der Waals surface area contributed by atoms with E-state index in [-0.39, 0.29) is 6.10 Å². The molecule has 1 atom stereocenters. The van der Waals surface area contributed by atoms with Crippen molar-refractivity contribution in [3.05, 3.63) is 36.2 Å². The molecular formula is C10H13NO. The van der Waals surface area contributed by atoms with Crippen LogP contribution in [0.2, 0.25) is 0 Å². The molecule has 12 heavy (non-hydrogen) atoms. The topological polar surface area (TPSA) is 33.1 Å². The van der Waals surface area contributed by atoms with Crippen LogP contribution in [0.5, 0.6) is 0 Å². The summed E-state index contributed by atoms with van der Waals surface area (Å²) in [6.45, 7) is 5.39. The summed E-state index contributed by atoms with van der Waals surface area (Å²) in [4.78, 5) is 4.16. The summed E-state index contributed by atoms with van der Waals surface area (Å²) in [6.07, 6.45) is 3.79. The predicted molar refractivity (Wildman–Crippen MR) is 49.7 cm³/mol. The predicted octanol–water partition coefficient (Wildman–Crippen LogP) is 1.65. The van der Waals surface area contributed by atoms with Gasteiger partial charge in [-0.3, -0.25) is 4.98 Å². The smallest absolute Gasteiger partial charge is 0.0567 e. The lowest BCUT2D eigenvalue weighted by Gasteiger charge is -2.02. The van der Waals surface area contributed by atoms with E-state index in [0.717, 1.165) is 11.3 Å². The van der Waals surface area contributed by atoms with Gasteiger partial charge in [-0.1, -0.05) is 18.7 Å². The third-order valence-electron chi connectivity index (χ3n) is 1.59. The molecule has 0 aromatic carbocycles. The van der Waals surface area contributed by atoms with E-state index >= 15 is 0 Å². The highest BCUT2D eigenvalue weighted by Gasteiger charge is 1.98. The van der Waals surface area contributed by atoms with Crippen molar-refractivity contribution in [2.24, 2.45) is 0 Å². The molecule has 0 saturated carbocycles. The van der Waals surface area contributed by atoms with E-state index in [4.69, 9.17) is 5.11 Å². The Morgan fingerprint density at radius 3 is 2.83 bits per heavy atom. The lowest BCUT2D eigenvalue weighted by atomic mass is 10.2. The van der Waals surface area contributed by atoms with Crippen LogP contribution in [-0.4, -0.2) is 16.2 Å². The molecule has 0 amide bonds. The highest BCUT2D eigenvalue weighted by molar-refractivity contribution is 5.44. The average molecular weight is 163 g/mol. The Labute approximate surface area is 72.6 Å². The Morgan fingerprint density at radius 1 is 1.67 bits per heavy atom. The van der Waals surface area contributed by atoms with Gasteiger partial charge in [0.1, 0.15) is 0 Å². The number of aromatic nitrogens is 1. The molecule has 1 N–H and O–H groups in total.